The van der Waals surface area contributed by atoms with Crippen LogP contribution in [-0.4, -0.2) is 39.1 Å². The van der Waals surface area contributed by atoms with E-state index in [9.17, 15) is 23.9 Å². The van der Waals surface area contributed by atoms with E-state index in [4.69, 9.17) is 9.84 Å². The number of benzene rings is 1. The van der Waals surface area contributed by atoms with Gasteiger partial charge in [-0.2, -0.15) is 0 Å². The molecule has 1 atom stereocenters. The third-order valence-electron chi connectivity index (χ3n) is 5.70. The molecular formula is C22H24FNO6. The monoisotopic (exact) mass is 417 g/mol. The number of carboxylic acids is 1. The smallest absolute Gasteiger partial charge is 0.306 e. The quantitative estimate of drug-likeness (QED) is 0.564. The molecule has 3 rings (SSSR count). The highest BCUT2D eigenvalue weighted by atomic mass is 19.1. The molecule has 2 N–H and O–H groups in total. The van der Waals surface area contributed by atoms with E-state index < -0.39 is 29.4 Å². The van der Waals surface area contributed by atoms with E-state index in [2.05, 4.69) is 12.0 Å². The molecule has 1 aromatic rings. The highest BCUT2D eigenvalue weighted by molar-refractivity contribution is 6.00. The Labute approximate surface area is 173 Å². The highest BCUT2D eigenvalue weighted by Crippen LogP contribution is 2.33. The van der Waals surface area contributed by atoms with Gasteiger partial charge in [0.05, 0.1) is 24.9 Å². The second-order valence-electron chi connectivity index (χ2n) is 7.78. The second-order valence-corrected chi connectivity index (χ2v) is 7.78. The molecule has 1 aliphatic heterocycles. The summed E-state index contributed by atoms with van der Waals surface area (Å²) in [6, 6.07) is 5.60. The molecule has 30 heavy (non-hydrogen) atoms. The van der Waals surface area contributed by atoms with Crippen molar-refractivity contribution in [3.05, 3.63) is 29.1 Å². The van der Waals surface area contributed by atoms with Gasteiger partial charge in [-0.3, -0.25) is 19.3 Å². The number of nitrogens with zero attached hydrogens (tertiary/aromatic N) is 1. The van der Waals surface area contributed by atoms with E-state index in [-0.39, 0.29) is 42.9 Å². The zero-order valence-corrected chi connectivity index (χ0v) is 16.7. The number of aliphatic carboxylic acids is 1. The van der Waals surface area contributed by atoms with Gasteiger partial charge < -0.3 is 14.9 Å². The molecule has 1 aromatic carbocycles. The molecule has 1 amide bonds. The molecule has 0 radical (unpaired) electrons. The van der Waals surface area contributed by atoms with E-state index in [1.54, 1.807) is 0 Å². The minimum atomic E-state index is -1.03. The van der Waals surface area contributed by atoms with E-state index in [0.29, 0.717) is 5.56 Å². The summed E-state index contributed by atoms with van der Waals surface area (Å²) in [6.45, 7) is 2.01. The summed E-state index contributed by atoms with van der Waals surface area (Å²) in [5, 5.41) is 18.1. The number of carbonyl (C=O) groups excluding carboxylic acids is 2. The fourth-order valence-electron chi connectivity index (χ4n) is 3.91. The molecule has 1 heterocycles. The topological polar surface area (TPSA) is 104 Å². The fraction of sp³-hybridized carbons (Fsp3) is 0.500. The lowest BCUT2D eigenvalue weighted by molar-refractivity contribution is -0.154. The van der Waals surface area contributed by atoms with Gasteiger partial charge in [-0.15, -0.1) is 0 Å². The van der Waals surface area contributed by atoms with Gasteiger partial charge in [-0.25, -0.2) is 4.39 Å². The Morgan fingerprint density at radius 2 is 1.97 bits per heavy atom. The molecule has 160 valence electrons. The molecule has 2 aliphatic rings. The van der Waals surface area contributed by atoms with Crippen molar-refractivity contribution in [1.29, 1.82) is 0 Å². The number of amides is 1. The zero-order valence-electron chi connectivity index (χ0n) is 16.7. The van der Waals surface area contributed by atoms with E-state index in [1.165, 1.54) is 17.0 Å². The summed E-state index contributed by atoms with van der Waals surface area (Å²) < 4.78 is 19.3. The van der Waals surface area contributed by atoms with Crippen LogP contribution in [0.15, 0.2) is 12.1 Å². The number of carbonyl (C=O) groups is 3. The van der Waals surface area contributed by atoms with Gasteiger partial charge in [0.1, 0.15) is 6.10 Å². The van der Waals surface area contributed by atoms with Crippen LogP contribution in [-0.2, 0) is 20.9 Å². The van der Waals surface area contributed by atoms with Crippen LogP contribution in [0.25, 0.3) is 0 Å². The molecule has 0 bridgehead atoms. The first-order valence-corrected chi connectivity index (χ1v) is 10.0. The maximum Gasteiger partial charge on any atom is 0.306 e. The number of phenols is 1. The predicted octanol–water partition coefficient (Wildman–Crippen LogP) is 3.05. The number of hydrogen-bond acceptors (Lipinski definition) is 5. The van der Waals surface area contributed by atoms with Crippen molar-refractivity contribution in [2.75, 3.05) is 0 Å². The highest BCUT2D eigenvalue weighted by Gasteiger charge is 2.32. The number of carboxylic acid groups (broad SMARTS) is 1. The minimum absolute atomic E-state index is 0.0888. The first-order chi connectivity index (χ1) is 14.3. The summed E-state index contributed by atoms with van der Waals surface area (Å²) in [5.74, 6) is -0.161. The Hall–Kier alpha value is -3.08. The van der Waals surface area contributed by atoms with Gasteiger partial charge in [0.25, 0.3) is 5.91 Å². The Balaban J connectivity index is 1.50. The van der Waals surface area contributed by atoms with Crippen molar-refractivity contribution in [2.45, 2.75) is 58.1 Å². The molecule has 8 heteroatoms. The maximum absolute atomic E-state index is 14.0. The van der Waals surface area contributed by atoms with Crippen molar-refractivity contribution in [2.24, 2.45) is 11.8 Å². The summed E-state index contributed by atoms with van der Waals surface area (Å²) >= 11 is 0. The number of phenolic OH excluding ortho intramolecular Hbond substituents is 1. The van der Waals surface area contributed by atoms with E-state index in [1.807, 2.05) is 6.92 Å². The van der Waals surface area contributed by atoms with E-state index in [0.717, 1.165) is 25.7 Å². The Bertz CT molecular complexity index is 910. The SMILES string of the molecule is CC(OC(=O)CCC(=O)O)C1CCC(C#CN2Cc3ccc(O)c(F)c3C2=O)CC1. The first kappa shape index (κ1) is 21.6. The zero-order chi connectivity index (χ0) is 21.8. The third kappa shape index (κ3) is 4.90. The third-order valence-corrected chi connectivity index (χ3v) is 5.70. The second kappa shape index (κ2) is 9.16. The minimum Gasteiger partial charge on any atom is -0.505 e. The van der Waals surface area contributed by atoms with Crippen LogP contribution in [0.1, 0.15) is 61.4 Å². The molecule has 1 aliphatic carbocycles. The number of rotatable bonds is 5. The Kier molecular flexibility index (Phi) is 6.60. The summed E-state index contributed by atoms with van der Waals surface area (Å²) in [4.78, 5) is 35.9. The van der Waals surface area contributed by atoms with Crippen LogP contribution in [0.5, 0.6) is 5.75 Å². The number of halogens is 1. The number of fused-ring (bicyclic) bond motifs is 1. The van der Waals surface area contributed by atoms with Crippen LogP contribution in [0.3, 0.4) is 0 Å². The molecule has 0 spiro atoms. The van der Waals surface area contributed by atoms with Crippen LogP contribution >= 0.6 is 0 Å². The van der Waals surface area contributed by atoms with Crippen LogP contribution < -0.4 is 0 Å². The van der Waals surface area contributed by atoms with Crippen LogP contribution in [0.2, 0.25) is 0 Å². The number of hydrogen-bond donors (Lipinski definition) is 2. The number of esters is 1. The molecule has 1 fully saturated rings. The average Bonchev–Trinajstić information content (AvgIpc) is 3.04. The van der Waals surface area contributed by atoms with Crippen molar-refractivity contribution in [3.8, 4) is 17.7 Å². The number of aromatic hydroxyl groups is 1. The molecule has 0 aromatic heterocycles. The van der Waals surface area contributed by atoms with Crippen molar-refractivity contribution < 1.29 is 33.7 Å². The van der Waals surface area contributed by atoms with Crippen LogP contribution in [0, 0.1) is 29.6 Å². The van der Waals surface area contributed by atoms with Gasteiger partial charge in [0.2, 0.25) is 0 Å². The summed E-state index contributed by atoms with van der Waals surface area (Å²) in [7, 11) is 0. The lowest BCUT2D eigenvalue weighted by atomic mass is 9.80. The van der Waals surface area contributed by atoms with Crippen molar-refractivity contribution in [1.82, 2.24) is 4.90 Å². The molecule has 1 unspecified atom stereocenters. The maximum atomic E-state index is 14.0. The largest absolute Gasteiger partial charge is 0.505 e. The van der Waals surface area contributed by atoms with Gasteiger partial charge in [-0.1, -0.05) is 12.0 Å². The standard InChI is InChI=1S/C22H24FNO6/c1-13(30-19(28)9-8-18(26)27)15-4-2-14(3-5-15)10-11-24-12-16-6-7-17(25)21(23)20(16)22(24)29/h6-7,13-15,25H,2-5,8-9,12H2,1H3,(H,26,27). The van der Waals surface area contributed by atoms with Gasteiger partial charge >= 0.3 is 11.9 Å². The number of ether oxygens (including phenoxy) is 1. The lowest BCUT2D eigenvalue weighted by Crippen LogP contribution is -2.28. The summed E-state index contributed by atoms with van der Waals surface area (Å²) in [5.41, 5.74) is 0.387. The van der Waals surface area contributed by atoms with Crippen molar-refractivity contribution >= 4 is 17.8 Å². The molecule has 1 saturated carbocycles. The molecule has 0 saturated heterocycles. The van der Waals surface area contributed by atoms with E-state index >= 15 is 0 Å². The Morgan fingerprint density at radius 3 is 2.63 bits per heavy atom. The lowest BCUT2D eigenvalue weighted by Gasteiger charge is -2.30. The molecular weight excluding hydrogens is 393 g/mol. The Morgan fingerprint density at radius 1 is 1.27 bits per heavy atom. The van der Waals surface area contributed by atoms with Gasteiger partial charge in [0.15, 0.2) is 11.6 Å². The normalized spacial score (nSPS) is 21.4. The van der Waals surface area contributed by atoms with Crippen molar-refractivity contribution in [3.63, 3.8) is 0 Å². The first-order valence-electron chi connectivity index (χ1n) is 10.0. The molecule has 7 nitrogen and oxygen atoms in total. The predicted molar refractivity (Wildman–Crippen MR) is 104 cm³/mol. The average molecular weight is 417 g/mol. The fourth-order valence-corrected chi connectivity index (χ4v) is 3.91. The van der Waals surface area contributed by atoms with Gasteiger partial charge in [-0.05, 0) is 50.2 Å². The van der Waals surface area contributed by atoms with Gasteiger partial charge in [0, 0.05) is 12.0 Å². The van der Waals surface area contributed by atoms with Crippen LogP contribution in [0.4, 0.5) is 4.39 Å². The summed E-state index contributed by atoms with van der Waals surface area (Å²) in [6.07, 6.45) is 2.54.